The zero-order chi connectivity index (χ0) is 14.4. The fourth-order valence-electron chi connectivity index (χ4n) is 1.54. The number of amides is 1. The topological polar surface area (TPSA) is 87.1 Å². The number of methoxy groups -OCH3 is 1. The number of carbonyl (C=O) groups is 2. The third-order valence-corrected chi connectivity index (χ3v) is 2.67. The molecule has 0 bridgehead atoms. The van der Waals surface area contributed by atoms with E-state index in [-0.39, 0.29) is 35.4 Å². The van der Waals surface area contributed by atoms with Gasteiger partial charge in [-0.2, -0.15) is 0 Å². The summed E-state index contributed by atoms with van der Waals surface area (Å²) < 4.78 is 4.50. The number of phenolic OH excluding ortho intramolecular Hbond substituents is 2. The van der Waals surface area contributed by atoms with E-state index in [4.69, 9.17) is 5.11 Å². The summed E-state index contributed by atoms with van der Waals surface area (Å²) in [4.78, 5) is 24.3. The van der Waals surface area contributed by atoms with Crippen molar-refractivity contribution in [2.45, 2.75) is 12.8 Å². The second kappa shape index (κ2) is 6.63. The van der Waals surface area contributed by atoms with E-state index >= 15 is 0 Å². The standard InChI is InChI=1S/C13H17NO5/c1-14(7-3-4-12(17)19-2)13(18)9-5-6-10(15)11(16)8-9/h5-6,8,15-16H,3-4,7H2,1-2H3. The molecule has 1 aromatic rings. The molecule has 6 heteroatoms. The maximum Gasteiger partial charge on any atom is 0.305 e. The van der Waals surface area contributed by atoms with Crippen LogP contribution in [-0.4, -0.2) is 47.7 Å². The Bertz CT molecular complexity index is 472. The Hall–Kier alpha value is -2.24. The molecule has 0 spiro atoms. The summed E-state index contributed by atoms with van der Waals surface area (Å²) in [5.41, 5.74) is 0.274. The van der Waals surface area contributed by atoms with Crippen LogP contribution in [0.2, 0.25) is 0 Å². The van der Waals surface area contributed by atoms with Crippen LogP contribution in [0, 0.1) is 0 Å². The summed E-state index contributed by atoms with van der Waals surface area (Å²) in [5, 5.41) is 18.5. The zero-order valence-electron chi connectivity index (χ0n) is 10.9. The smallest absolute Gasteiger partial charge is 0.305 e. The highest BCUT2D eigenvalue weighted by atomic mass is 16.5. The molecule has 19 heavy (non-hydrogen) atoms. The number of benzene rings is 1. The summed E-state index contributed by atoms with van der Waals surface area (Å²) >= 11 is 0. The zero-order valence-corrected chi connectivity index (χ0v) is 10.9. The minimum Gasteiger partial charge on any atom is -0.504 e. The summed E-state index contributed by atoms with van der Waals surface area (Å²) in [6.07, 6.45) is 0.744. The first-order valence-electron chi connectivity index (χ1n) is 5.80. The van der Waals surface area contributed by atoms with Crippen molar-refractivity contribution in [2.75, 3.05) is 20.7 Å². The highest BCUT2D eigenvalue weighted by Crippen LogP contribution is 2.25. The Morgan fingerprint density at radius 3 is 2.53 bits per heavy atom. The SMILES string of the molecule is COC(=O)CCCN(C)C(=O)c1ccc(O)c(O)c1. The van der Waals surface area contributed by atoms with Crippen molar-refractivity contribution in [3.8, 4) is 11.5 Å². The normalized spacial score (nSPS) is 10.0. The maximum atomic E-state index is 12.0. The molecule has 0 saturated carbocycles. The molecule has 104 valence electrons. The van der Waals surface area contributed by atoms with Gasteiger partial charge < -0.3 is 19.8 Å². The van der Waals surface area contributed by atoms with Gasteiger partial charge in [-0.1, -0.05) is 0 Å². The lowest BCUT2D eigenvalue weighted by atomic mass is 10.1. The molecule has 0 aromatic heterocycles. The van der Waals surface area contributed by atoms with Crippen LogP contribution in [0.1, 0.15) is 23.2 Å². The van der Waals surface area contributed by atoms with E-state index in [0.29, 0.717) is 13.0 Å². The molecule has 0 aliphatic carbocycles. The number of phenols is 2. The molecule has 0 aliphatic heterocycles. The number of hydrogen-bond acceptors (Lipinski definition) is 5. The number of rotatable bonds is 5. The Morgan fingerprint density at radius 2 is 1.95 bits per heavy atom. The Morgan fingerprint density at radius 1 is 1.26 bits per heavy atom. The second-order valence-electron chi connectivity index (χ2n) is 4.11. The van der Waals surface area contributed by atoms with Crippen molar-refractivity contribution in [3.63, 3.8) is 0 Å². The molecule has 6 nitrogen and oxygen atoms in total. The number of nitrogens with zero attached hydrogens (tertiary/aromatic N) is 1. The fraction of sp³-hybridized carbons (Fsp3) is 0.385. The summed E-state index contributed by atoms with van der Waals surface area (Å²) in [6, 6.07) is 3.88. The summed E-state index contributed by atoms with van der Waals surface area (Å²) in [6.45, 7) is 0.398. The molecule has 0 fully saturated rings. The molecule has 0 unspecified atom stereocenters. The number of carbonyl (C=O) groups excluding carboxylic acids is 2. The monoisotopic (exact) mass is 267 g/mol. The lowest BCUT2D eigenvalue weighted by Crippen LogP contribution is -2.28. The van der Waals surface area contributed by atoms with Crippen LogP contribution < -0.4 is 0 Å². The average Bonchev–Trinajstić information content (AvgIpc) is 2.40. The molecular formula is C13H17NO5. The molecular weight excluding hydrogens is 250 g/mol. The second-order valence-corrected chi connectivity index (χ2v) is 4.11. The van der Waals surface area contributed by atoms with E-state index in [0.717, 1.165) is 0 Å². The van der Waals surface area contributed by atoms with Gasteiger partial charge in [0.25, 0.3) is 5.91 Å². The van der Waals surface area contributed by atoms with Crippen LogP contribution in [0.3, 0.4) is 0 Å². The van der Waals surface area contributed by atoms with Gasteiger partial charge in [0.05, 0.1) is 7.11 Å². The summed E-state index contributed by atoms with van der Waals surface area (Å²) in [5.74, 6) is -1.22. The first kappa shape index (κ1) is 14.8. The largest absolute Gasteiger partial charge is 0.504 e. The van der Waals surface area contributed by atoms with Gasteiger partial charge in [-0.05, 0) is 24.6 Å². The van der Waals surface area contributed by atoms with Crippen molar-refractivity contribution in [2.24, 2.45) is 0 Å². The van der Waals surface area contributed by atoms with Crippen molar-refractivity contribution in [3.05, 3.63) is 23.8 Å². The number of esters is 1. The molecule has 0 heterocycles. The molecule has 1 amide bonds. The van der Waals surface area contributed by atoms with E-state index in [1.165, 1.54) is 30.2 Å². The van der Waals surface area contributed by atoms with E-state index < -0.39 is 0 Å². The molecule has 0 atom stereocenters. The predicted molar refractivity (Wildman–Crippen MR) is 68.0 cm³/mol. The van der Waals surface area contributed by atoms with E-state index in [1.54, 1.807) is 7.05 Å². The lowest BCUT2D eigenvalue weighted by molar-refractivity contribution is -0.140. The number of aromatic hydroxyl groups is 2. The summed E-state index contributed by atoms with van der Waals surface area (Å²) in [7, 11) is 2.92. The van der Waals surface area contributed by atoms with Gasteiger partial charge in [0.1, 0.15) is 0 Å². The third kappa shape index (κ3) is 4.17. The Kier molecular flexibility index (Phi) is 5.17. The minimum absolute atomic E-state index is 0.245. The van der Waals surface area contributed by atoms with Gasteiger partial charge in [0.15, 0.2) is 11.5 Å². The van der Waals surface area contributed by atoms with Gasteiger partial charge in [-0.15, -0.1) is 0 Å². The van der Waals surface area contributed by atoms with Crippen molar-refractivity contribution in [1.82, 2.24) is 4.90 Å². The van der Waals surface area contributed by atoms with Crippen LogP contribution in [0.15, 0.2) is 18.2 Å². The first-order chi connectivity index (χ1) is 8.95. The molecule has 2 N–H and O–H groups in total. The Balaban J connectivity index is 2.56. The number of hydrogen-bond donors (Lipinski definition) is 2. The lowest BCUT2D eigenvalue weighted by Gasteiger charge is -2.17. The van der Waals surface area contributed by atoms with E-state index in [1.807, 2.05) is 0 Å². The highest BCUT2D eigenvalue weighted by molar-refractivity contribution is 5.94. The Labute approximate surface area is 111 Å². The first-order valence-corrected chi connectivity index (χ1v) is 5.80. The van der Waals surface area contributed by atoms with Crippen LogP contribution >= 0.6 is 0 Å². The third-order valence-electron chi connectivity index (χ3n) is 2.67. The molecule has 1 aromatic carbocycles. The van der Waals surface area contributed by atoms with Gasteiger partial charge in [-0.25, -0.2) is 0 Å². The van der Waals surface area contributed by atoms with Crippen LogP contribution in [0.5, 0.6) is 11.5 Å². The fourth-order valence-corrected chi connectivity index (χ4v) is 1.54. The van der Waals surface area contributed by atoms with E-state index in [9.17, 15) is 14.7 Å². The van der Waals surface area contributed by atoms with Crippen molar-refractivity contribution < 1.29 is 24.5 Å². The minimum atomic E-state index is -0.339. The van der Waals surface area contributed by atoms with Gasteiger partial charge in [0.2, 0.25) is 0 Å². The van der Waals surface area contributed by atoms with Crippen molar-refractivity contribution >= 4 is 11.9 Å². The van der Waals surface area contributed by atoms with Gasteiger partial charge in [-0.3, -0.25) is 9.59 Å². The quantitative estimate of drug-likeness (QED) is 0.616. The van der Waals surface area contributed by atoms with E-state index in [2.05, 4.69) is 4.74 Å². The average molecular weight is 267 g/mol. The van der Waals surface area contributed by atoms with Gasteiger partial charge in [0, 0.05) is 25.6 Å². The maximum absolute atomic E-state index is 12.0. The number of ether oxygens (including phenoxy) is 1. The van der Waals surface area contributed by atoms with Crippen LogP contribution in [0.25, 0.3) is 0 Å². The van der Waals surface area contributed by atoms with Crippen LogP contribution in [0.4, 0.5) is 0 Å². The molecule has 0 radical (unpaired) electrons. The molecule has 0 saturated heterocycles. The highest BCUT2D eigenvalue weighted by Gasteiger charge is 2.13. The molecule has 0 aliphatic rings. The van der Waals surface area contributed by atoms with Gasteiger partial charge >= 0.3 is 5.97 Å². The van der Waals surface area contributed by atoms with Crippen molar-refractivity contribution in [1.29, 1.82) is 0 Å². The molecule has 1 rings (SSSR count). The predicted octanol–water partition coefficient (Wildman–Crippen LogP) is 1.12. The van der Waals surface area contributed by atoms with Crippen LogP contribution in [-0.2, 0) is 9.53 Å².